The molecule has 1 atom stereocenters. The van der Waals surface area contributed by atoms with Crippen LogP contribution in [0.1, 0.15) is 12.5 Å². The number of rotatable bonds is 4. The molecule has 1 aliphatic heterocycles. The van der Waals surface area contributed by atoms with E-state index in [-0.39, 0.29) is 17.8 Å². The van der Waals surface area contributed by atoms with Crippen LogP contribution < -0.4 is 10.2 Å². The first-order valence-electron chi connectivity index (χ1n) is 8.73. The number of anilines is 2. The van der Waals surface area contributed by atoms with Gasteiger partial charge in [0.05, 0.1) is 16.6 Å². The summed E-state index contributed by atoms with van der Waals surface area (Å²) in [6.45, 7) is 4.78. The van der Waals surface area contributed by atoms with Crippen molar-refractivity contribution in [3.05, 3.63) is 58.9 Å². The second kappa shape index (κ2) is 8.38. The van der Waals surface area contributed by atoms with Crippen molar-refractivity contribution in [2.45, 2.75) is 13.0 Å². The minimum atomic E-state index is -0.379. The summed E-state index contributed by atoms with van der Waals surface area (Å²) in [6, 6.07) is 13.0. The Bertz CT molecular complexity index is 875. The zero-order chi connectivity index (χ0) is 19.4. The second-order valence-corrected chi connectivity index (χ2v) is 6.88. The van der Waals surface area contributed by atoms with Gasteiger partial charge in [-0.1, -0.05) is 17.7 Å². The lowest BCUT2D eigenvalue weighted by molar-refractivity contribution is -0.120. The average molecular weight is 387 g/mol. The molecule has 1 fully saturated rings. The fraction of sp³-hybridized carbons (Fsp3) is 0.300. The van der Waals surface area contributed by atoms with E-state index in [1.54, 1.807) is 24.3 Å². The summed E-state index contributed by atoms with van der Waals surface area (Å²) in [6.07, 6.45) is 0. The Balaban J connectivity index is 1.57. The zero-order valence-corrected chi connectivity index (χ0v) is 15.7. The molecule has 1 aliphatic rings. The zero-order valence-electron chi connectivity index (χ0n) is 15.0. The number of hydrogen-bond acceptors (Lipinski definition) is 4. The summed E-state index contributed by atoms with van der Waals surface area (Å²) < 4.78 is 13.3. The van der Waals surface area contributed by atoms with Crippen molar-refractivity contribution in [1.82, 2.24) is 4.90 Å². The SMILES string of the molecule is CC(C(=O)Nc1cccc(F)c1)N1CCN(c2ccc(C#N)c(Cl)c2)CC1. The molecule has 7 heteroatoms. The lowest BCUT2D eigenvalue weighted by atomic mass is 10.1. The van der Waals surface area contributed by atoms with Crippen molar-refractivity contribution in [1.29, 1.82) is 5.26 Å². The summed E-state index contributed by atoms with van der Waals surface area (Å²) in [5.41, 5.74) is 1.88. The molecule has 1 heterocycles. The molecule has 1 N–H and O–H groups in total. The van der Waals surface area contributed by atoms with E-state index < -0.39 is 0 Å². The van der Waals surface area contributed by atoms with Crippen molar-refractivity contribution in [3.63, 3.8) is 0 Å². The Kier molecular flexibility index (Phi) is 5.94. The Morgan fingerprint density at radius 2 is 1.96 bits per heavy atom. The summed E-state index contributed by atoms with van der Waals surface area (Å²) in [5, 5.41) is 12.2. The monoisotopic (exact) mass is 386 g/mol. The van der Waals surface area contributed by atoms with Gasteiger partial charge in [0.2, 0.25) is 5.91 Å². The first-order chi connectivity index (χ1) is 13.0. The molecule has 0 bridgehead atoms. The number of piperazine rings is 1. The van der Waals surface area contributed by atoms with Crippen LogP contribution in [0.4, 0.5) is 15.8 Å². The van der Waals surface area contributed by atoms with Crippen molar-refractivity contribution < 1.29 is 9.18 Å². The van der Waals surface area contributed by atoms with E-state index >= 15 is 0 Å². The number of carbonyl (C=O) groups is 1. The number of benzene rings is 2. The van der Waals surface area contributed by atoms with Gasteiger partial charge < -0.3 is 10.2 Å². The number of nitrogens with zero attached hydrogens (tertiary/aromatic N) is 3. The van der Waals surface area contributed by atoms with Crippen LogP contribution in [-0.2, 0) is 4.79 Å². The van der Waals surface area contributed by atoms with Crippen LogP contribution in [0.25, 0.3) is 0 Å². The minimum Gasteiger partial charge on any atom is -0.369 e. The third-order valence-electron chi connectivity index (χ3n) is 4.77. The smallest absolute Gasteiger partial charge is 0.241 e. The first kappa shape index (κ1) is 19.2. The highest BCUT2D eigenvalue weighted by Crippen LogP contribution is 2.24. The maximum atomic E-state index is 13.3. The van der Waals surface area contributed by atoms with Crippen LogP contribution in [0, 0.1) is 17.1 Å². The van der Waals surface area contributed by atoms with E-state index in [1.807, 2.05) is 13.0 Å². The predicted molar refractivity (Wildman–Crippen MR) is 104 cm³/mol. The van der Waals surface area contributed by atoms with Gasteiger partial charge in [-0.05, 0) is 43.3 Å². The van der Waals surface area contributed by atoms with Gasteiger partial charge in [-0.25, -0.2) is 4.39 Å². The summed E-state index contributed by atoms with van der Waals surface area (Å²) in [4.78, 5) is 16.7. The minimum absolute atomic E-state index is 0.157. The molecule has 0 saturated carbocycles. The lowest BCUT2D eigenvalue weighted by Gasteiger charge is -2.38. The maximum Gasteiger partial charge on any atom is 0.241 e. The van der Waals surface area contributed by atoms with E-state index in [9.17, 15) is 9.18 Å². The molecule has 27 heavy (non-hydrogen) atoms. The molecular weight excluding hydrogens is 367 g/mol. The molecule has 1 amide bonds. The molecule has 2 aromatic carbocycles. The highest BCUT2D eigenvalue weighted by Gasteiger charge is 2.26. The van der Waals surface area contributed by atoms with E-state index in [0.717, 1.165) is 31.9 Å². The maximum absolute atomic E-state index is 13.3. The van der Waals surface area contributed by atoms with Gasteiger partial charge >= 0.3 is 0 Å². The molecule has 3 rings (SSSR count). The lowest BCUT2D eigenvalue weighted by Crippen LogP contribution is -2.52. The van der Waals surface area contributed by atoms with Crippen LogP contribution in [-0.4, -0.2) is 43.0 Å². The molecule has 140 valence electrons. The number of carbonyl (C=O) groups excluding carboxylic acids is 1. The fourth-order valence-corrected chi connectivity index (χ4v) is 3.35. The van der Waals surface area contributed by atoms with E-state index in [4.69, 9.17) is 16.9 Å². The van der Waals surface area contributed by atoms with E-state index in [2.05, 4.69) is 21.2 Å². The van der Waals surface area contributed by atoms with Gasteiger partial charge in [-0.2, -0.15) is 5.26 Å². The normalized spacial score (nSPS) is 15.9. The topological polar surface area (TPSA) is 59.4 Å². The number of nitrogens with one attached hydrogen (secondary N) is 1. The summed E-state index contributed by atoms with van der Waals surface area (Å²) in [5.74, 6) is -0.536. The molecule has 0 radical (unpaired) electrons. The standard InChI is InChI=1S/C20H20ClFN4O/c1-14(20(27)24-17-4-2-3-16(22)11-17)25-7-9-26(10-8-25)18-6-5-15(13-23)19(21)12-18/h2-6,11-12,14H,7-10H2,1H3,(H,24,27). The molecule has 1 unspecified atom stereocenters. The highest BCUT2D eigenvalue weighted by molar-refractivity contribution is 6.32. The van der Waals surface area contributed by atoms with Crippen LogP contribution in [0.2, 0.25) is 5.02 Å². The van der Waals surface area contributed by atoms with Crippen molar-refractivity contribution >= 4 is 28.9 Å². The highest BCUT2D eigenvalue weighted by atomic mass is 35.5. The first-order valence-corrected chi connectivity index (χ1v) is 9.11. The van der Waals surface area contributed by atoms with Crippen molar-refractivity contribution in [2.75, 3.05) is 36.4 Å². The van der Waals surface area contributed by atoms with Gasteiger partial charge in [-0.3, -0.25) is 9.69 Å². The number of halogens is 2. The fourth-order valence-electron chi connectivity index (χ4n) is 3.14. The van der Waals surface area contributed by atoms with Gasteiger partial charge in [0.15, 0.2) is 0 Å². The third-order valence-corrected chi connectivity index (χ3v) is 5.08. The molecule has 5 nitrogen and oxygen atoms in total. The summed E-state index contributed by atoms with van der Waals surface area (Å²) >= 11 is 6.12. The Hall–Kier alpha value is -2.62. The van der Waals surface area contributed by atoms with Gasteiger partial charge in [-0.15, -0.1) is 0 Å². The van der Waals surface area contributed by atoms with Crippen molar-refractivity contribution in [2.24, 2.45) is 0 Å². The molecule has 0 spiro atoms. The Labute approximate surface area is 162 Å². The predicted octanol–water partition coefficient (Wildman–Crippen LogP) is 3.50. The van der Waals surface area contributed by atoms with E-state index in [1.165, 1.54) is 12.1 Å². The molecule has 2 aromatic rings. The Morgan fingerprint density at radius 3 is 2.59 bits per heavy atom. The Morgan fingerprint density at radius 1 is 1.22 bits per heavy atom. The van der Waals surface area contributed by atoms with Crippen LogP contribution in [0.15, 0.2) is 42.5 Å². The van der Waals surface area contributed by atoms with Crippen molar-refractivity contribution in [3.8, 4) is 6.07 Å². The molecule has 0 aromatic heterocycles. The van der Waals surface area contributed by atoms with E-state index in [0.29, 0.717) is 16.3 Å². The summed E-state index contributed by atoms with van der Waals surface area (Å²) in [7, 11) is 0. The van der Waals surface area contributed by atoms with Crippen LogP contribution >= 0.6 is 11.6 Å². The number of nitriles is 1. The molecule has 1 saturated heterocycles. The second-order valence-electron chi connectivity index (χ2n) is 6.47. The average Bonchev–Trinajstić information content (AvgIpc) is 2.67. The third kappa shape index (κ3) is 4.57. The molecular formula is C20H20ClFN4O. The number of hydrogen-bond donors (Lipinski definition) is 1. The van der Waals surface area contributed by atoms with Gasteiger partial charge in [0, 0.05) is 37.6 Å². The van der Waals surface area contributed by atoms with Crippen LogP contribution in [0.5, 0.6) is 0 Å². The quantitative estimate of drug-likeness (QED) is 0.873. The van der Waals surface area contributed by atoms with Gasteiger partial charge in [0.25, 0.3) is 0 Å². The largest absolute Gasteiger partial charge is 0.369 e. The number of amides is 1. The molecule has 0 aliphatic carbocycles. The van der Waals surface area contributed by atoms with Gasteiger partial charge in [0.1, 0.15) is 11.9 Å². The van der Waals surface area contributed by atoms with Crippen LogP contribution in [0.3, 0.4) is 0 Å².